The number of H-pyrrole nitrogens is 1. The van der Waals surface area contributed by atoms with Crippen LogP contribution >= 0.6 is 11.3 Å². The first kappa shape index (κ1) is 12.4. The highest BCUT2D eigenvalue weighted by Gasteiger charge is 2.31. The van der Waals surface area contributed by atoms with Gasteiger partial charge in [0.1, 0.15) is 10.9 Å². The maximum absolute atomic E-state index is 12.0. The zero-order valence-electron chi connectivity index (χ0n) is 10.8. The average molecular weight is 276 g/mol. The first-order valence-corrected chi connectivity index (χ1v) is 7.41. The van der Waals surface area contributed by atoms with Crippen LogP contribution in [0.1, 0.15) is 36.3 Å². The Morgan fingerprint density at radius 2 is 2.53 bits per heavy atom. The molecule has 0 bridgehead atoms. The molecule has 1 unspecified atom stereocenters. The maximum atomic E-state index is 12.0. The molecule has 1 N–H and O–H groups in total. The minimum atomic E-state index is -0.177. The van der Waals surface area contributed by atoms with Gasteiger partial charge in [0.05, 0.1) is 18.0 Å². The summed E-state index contributed by atoms with van der Waals surface area (Å²) in [7, 11) is 0. The first-order chi connectivity index (χ1) is 9.29. The number of ether oxygens (including phenoxy) is 1. The number of nitrogens with zero attached hydrogens (tertiary/aromatic N) is 1. The van der Waals surface area contributed by atoms with E-state index >= 15 is 0 Å². The van der Waals surface area contributed by atoms with Crippen LogP contribution in [0, 0.1) is 0 Å². The van der Waals surface area contributed by atoms with Crippen molar-refractivity contribution in [2.75, 3.05) is 6.61 Å². The molecular formula is C14H16N2O2S. The van der Waals surface area contributed by atoms with Gasteiger partial charge in [-0.2, -0.15) is 0 Å². The molecule has 0 saturated heterocycles. The second kappa shape index (κ2) is 5.17. The minimum absolute atomic E-state index is 0.133. The van der Waals surface area contributed by atoms with Crippen LogP contribution in [0.2, 0.25) is 0 Å². The fraction of sp³-hybridized carbons (Fsp3) is 0.429. The molecule has 4 nitrogen and oxygen atoms in total. The third kappa shape index (κ3) is 2.30. The summed E-state index contributed by atoms with van der Waals surface area (Å²) in [6.45, 7) is 2.27. The summed E-state index contributed by atoms with van der Waals surface area (Å²) in [6.07, 6.45) is 4.78. The van der Waals surface area contributed by atoms with Crippen LogP contribution in [0.15, 0.2) is 18.3 Å². The van der Waals surface area contributed by atoms with Crippen molar-refractivity contribution >= 4 is 17.3 Å². The lowest BCUT2D eigenvalue weighted by Gasteiger charge is -2.19. The highest BCUT2D eigenvalue weighted by Crippen LogP contribution is 2.38. The Morgan fingerprint density at radius 1 is 1.63 bits per heavy atom. The van der Waals surface area contributed by atoms with Gasteiger partial charge in [-0.05, 0) is 38.3 Å². The van der Waals surface area contributed by atoms with E-state index in [0.29, 0.717) is 6.61 Å². The van der Waals surface area contributed by atoms with E-state index in [1.165, 1.54) is 4.88 Å². The van der Waals surface area contributed by atoms with Gasteiger partial charge in [0.25, 0.3) is 0 Å². The van der Waals surface area contributed by atoms with Crippen molar-refractivity contribution in [1.29, 1.82) is 0 Å². The molecule has 5 heteroatoms. The third-order valence-corrected chi connectivity index (χ3v) is 4.52. The molecule has 19 heavy (non-hydrogen) atoms. The number of carbonyl (C=O) groups is 1. The standard InChI is InChI=1S/C14H16N2O2S/c1-2-18-14(17)9-5-3-7-11-12(9)16-13(19-11)10-6-4-8-15-10/h4,6,8-9,15H,2-3,5,7H2,1H3. The Morgan fingerprint density at radius 3 is 3.26 bits per heavy atom. The molecule has 2 heterocycles. The largest absolute Gasteiger partial charge is 0.465 e. The molecule has 1 aliphatic rings. The van der Waals surface area contributed by atoms with Crippen LogP contribution in [0.4, 0.5) is 0 Å². The molecule has 1 atom stereocenters. The maximum Gasteiger partial charge on any atom is 0.315 e. The van der Waals surface area contributed by atoms with Gasteiger partial charge in [-0.3, -0.25) is 4.79 Å². The molecule has 3 rings (SSSR count). The van der Waals surface area contributed by atoms with E-state index in [1.54, 1.807) is 11.3 Å². The summed E-state index contributed by atoms with van der Waals surface area (Å²) in [6, 6.07) is 3.96. The van der Waals surface area contributed by atoms with Gasteiger partial charge in [0, 0.05) is 11.1 Å². The molecule has 0 fully saturated rings. The predicted octanol–water partition coefficient (Wildman–Crippen LogP) is 3.12. The van der Waals surface area contributed by atoms with Crippen molar-refractivity contribution in [1.82, 2.24) is 9.97 Å². The number of aryl methyl sites for hydroxylation is 1. The van der Waals surface area contributed by atoms with Crippen LogP contribution in [-0.4, -0.2) is 22.5 Å². The van der Waals surface area contributed by atoms with Crippen molar-refractivity contribution < 1.29 is 9.53 Å². The number of aromatic amines is 1. The average Bonchev–Trinajstić information content (AvgIpc) is 3.06. The Hall–Kier alpha value is -1.62. The molecule has 1 aliphatic carbocycles. The normalized spacial score (nSPS) is 18.1. The van der Waals surface area contributed by atoms with Gasteiger partial charge < -0.3 is 9.72 Å². The number of nitrogens with one attached hydrogen (secondary N) is 1. The Bertz CT molecular complexity index is 574. The first-order valence-electron chi connectivity index (χ1n) is 6.59. The van der Waals surface area contributed by atoms with Crippen LogP contribution in [0.5, 0.6) is 0 Å². The van der Waals surface area contributed by atoms with E-state index in [0.717, 1.165) is 35.7 Å². The van der Waals surface area contributed by atoms with E-state index < -0.39 is 0 Å². The number of carbonyl (C=O) groups excluding carboxylic acids is 1. The molecule has 0 aliphatic heterocycles. The van der Waals surface area contributed by atoms with E-state index in [9.17, 15) is 4.79 Å². The summed E-state index contributed by atoms with van der Waals surface area (Å²) in [5, 5.41) is 0.964. The smallest absolute Gasteiger partial charge is 0.315 e. The monoisotopic (exact) mass is 276 g/mol. The molecule has 0 spiro atoms. The summed E-state index contributed by atoms with van der Waals surface area (Å²) in [5.74, 6) is -0.310. The molecule has 0 radical (unpaired) electrons. The van der Waals surface area contributed by atoms with Crippen molar-refractivity contribution in [3.05, 3.63) is 28.9 Å². The molecule has 2 aromatic heterocycles. The quantitative estimate of drug-likeness (QED) is 0.876. The zero-order chi connectivity index (χ0) is 13.2. The number of esters is 1. The lowest BCUT2D eigenvalue weighted by molar-refractivity contribution is -0.145. The van der Waals surface area contributed by atoms with Gasteiger partial charge in [-0.15, -0.1) is 11.3 Å². The van der Waals surface area contributed by atoms with E-state index in [-0.39, 0.29) is 11.9 Å². The molecule has 0 amide bonds. The topological polar surface area (TPSA) is 55.0 Å². The highest BCUT2D eigenvalue weighted by molar-refractivity contribution is 7.15. The van der Waals surface area contributed by atoms with Crippen LogP contribution < -0.4 is 0 Å². The second-order valence-corrected chi connectivity index (χ2v) is 5.69. The molecular weight excluding hydrogens is 260 g/mol. The van der Waals surface area contributed by atoms with Crippen LogP contribution in [0.25, 0.3) is 10.7 Å². The van der Waals surface area contributed by atoms with Crippen LogP contribution in [0.3, 0.4) is 0 Å². The summed E-state index contributed by atoms with van der Waals surface area (Å²) < 4.78 is 5.16. The number of hydrogen-bond acceptors (Lipinski definition) is 4. The van der Waals surface area contributed by atoms with E-state index in [2.05, 4.69) is 9.97 Å². The van der Waals surface area contributed by atoms with Crippen molar-refractivity contribution in [2.45, 2.75) is 32.1 Å². The van der Waals surface area contributed by atoms with Gasteiger partial charge in [0.2, 0.25) is 0 Å². The van der Waals surface area contributed by atoms with Crippen molar-refractivity contribution in [2.24, 2.45) is 0 Å². The van der Waals surface area contributed by atoms with Gasteiger partial charge >= 0.3 is 5.97 Å². The fourth-order valence-corrected chi connectivity index (χ4v) is 3.62. The number of fused-ring (bicyclic) bond motifs is 1. The lowest BCUT2D eigenvalue weighted by Crippen LogP contribution is -2.20. The summed E-state index contributed by atoms with van der Waals surface area (Å²) in [4.78, 5) is 21.0. The number of aromatic nitrogens is 2. The lowest BCUT2D eigenvalue weighted by atomic mass is 9.91. The van der Waals surface area contributed by atoms with Gasteiger partial charge in [-0.1, -0.05) is 0 Å². The molecule has 100 valence electrons. The second-order valence-electron chi connectivity index (χ2n) is 4.61. The summed E-state index contributed by atoms with van der Waals surface area (Å²) >= 11 is 1.68. The number of rotatable bonds is 3. The predicted molar refractivity (Wildman–Crippen MR) is 74.2 cm³/mol. The highest BCUT2D eigenvalue weighted by atomic mass is 32.1. The van der Waals surface area contributed by atoms with Crippen molar-refractivity contribution in [3.8, 4) is 10.7 Å². The molecule has 0 saturated carbocycles. The van der Waals surface area contributed by atoms with Crippen molar-refractivity contribution in [3.63, 3.8) is 0 Å². The number of thiazole rings is 1. The zero-order valence-corrected chi connectivity index (χ0v) is 11.6. The molecule has 0 aromatic carbocycles. The van der Waals surface area contributed by atoms with E-state index in [1.807, 2.05) is 25.3 Å². The SMILES string of the molecule is CCOC(=O)C1CCCc2sc(-c3ccc[nH]3)nc21. The van der Waals surface area contributed by atoms with Gasteiger partial charge in [0.15, 0.2) is 0 Å². The molecule has 2 aromatic rings. The van der Waals surface area contributed by atoms with Gasteiger partial charge in [-0.25, -0.2) is 4.98 Å². The Labute approximate surface area is 115 Å². The Balaban J connectivity index is 1.94. The fourth-order valence-electron chi connectivity index (χ4n) is 2.47. The minimum Gasteiger partial charge on any atom is -0.465 e. The summed E-state index contributed by atoms with van der Waals surface area (Å²) in [5.41, 5.74) is 1.95. The van der Waals surface area contributed by atoms with E-state index in [4.69, 9.17) is 4.74 Å². The Kier molecular flexibility index (Phi) is 3.38. The number of hydrogen-bond donors (Lipinski definition) is 1. The van der Waals surface area contributed by atoms with Crippen LogP contribution in [-0.2, 0) is 16.0 Å². The third-order valence-electron chi connectivity index (χ3n) is 3.35.